The van der Waals surface area contributed by atoms with Gasteiger partial charge in [0.1, 0.15) is 28.2 Å². The van der Waals surface area contributed by atoms with Crippen LogP contribution in [0, 0.1) is 22.7 Å². The number of nitriles is 2. The van der Waals surface area contributed by atoms with Gasteiger partial charge in [0, 0.05) is 6.42 Å². The molecule has 1 unspecified atom stereocenters. The maximum Gasteiger partial charge on any atom is 0.128 e. The summed E-state index contributed by atoms with van der Waals surface area (Å²) in [4.78, 5) is 0.882. The molecule has 0 aliphatic rings. The molecule has 7 heteroatoms. The molecule has 3 rings (SSSR count). The molecule has 0 saturated heterocycles. The second-order valence-corrected chi connectivity index (χ2v) is 7.80. The topological polar surface area (TPSA) is 78.9 Å². The minimum atomic E-state index is -0.0115. The highest BCUT2D eigenvalue weighted by atomic mass is 32.2. The Balaban J connectivity index is 1.52. The summed E-state index contributed by atoms with van der Waals surface area (Å²) in [6.07, 6.45) is 2.64. The van der Waals surface area contributed by atoms with Crippen LogP contribution >= 0.6 is 23.3 Å². The van der Waals surface area contributed by atoms with Gasteiger partial charge in [-0.1, -0.05) is 0 Å². The van der Waals surface area contributed by atoms with Crippen molar-refractivity contribution in [2.75, 3.05) is 12.9 Å². The molecule has 0 spiro atoms. The first-order valence-electron chi connectivity index (χ1n) is 8.98. The summed E-state index contributed by atoms with van der Waals surface area (Å²) in [5.74, 6) is 1.51. The van der Waals surface area contributed by atoms with Crippen LogP contribution in [0.15, 0.2) is 53.6 Å². The number of ether oxygens (including phenoxy) is 2. The lowest BCUT2D eigenvalue weighted by molar-refractivity contribution is 0.177. The first-order valence-corrected chi connectivity index (χ1v) is 11.0. The van der Waals surface area contributed by atoms with Crippen LogP contribution in [0.2, 0.25) is 0 Å². The summed E-state index contributed by atoms with van der Waals surface area (Å²) in [6.45, 7) is 2.51. The first kappa shape index (κ1) is 20.7. The molecule has 0 N–H and O–H groups in total. The number of hydrogen-bond acceptors (Lipinski definition) is 7. The molecule has 0 bridgehead atoms. The Morgan fingerprint density at radius 1 is 1.03 bits per heavy atom. The van der Waals surface area contributed by atoms with E-state index in [1.807, 2.05) is 37.4 Å². The molecule has 146 valence electrons. The third kappa shape index (κ3) is 5.29. The molecule has 29 heavy (non-hydrogen) atoms. The smallest absolute Gasteiger partial charge is 0.128 e. The average Bonchev–Trinajstić information content (AvgIpc) is 3.18. The lowest BCUT2D eigenvalue weighted by Gasteiger charge is -2.15. The molecule has 1 atom stereocenters. The molecule has 0 aliphatic carbocycles. The van der Waals surface area contributed by atoms with E-state index in [4.69, 9.17) is 14.7 Å². The zero-order valence-electron chi connectivity index (χ0n) is 16.1. The number of hydrogen-bond donors (Lipinski definition) is 0. The van der Waals surface area contributed by atoms with Crippen LogP contribution in [0.5, 0.6) is 11.5 Å². The van der Waals surface area contributed by atoms with Gasteiger partial charge < -0.3 is 9.47 Å². The fourth-order valence-corrected chi connectivity index (χ4v) is 4.22. The second-order valence-electron chi connectivity index (χ2n) is 6.23. The van der Waals surface area contributed by atoms with E-state index >= 15 is 0 Å². The average molecular weight is 422 g/mol. The Morgan fingerprint density at radius 2 is 1.72 bits per heavy atom. The number of rotatable bonds is 8. The molecule has 1 aromatic heterocycles. The Morgan fingerprint density at radius 3 is 2.34 bits per heavy atom. The van der Waals surface area contributed by atoms with Crippen molar-refractivity contribution >= 4 is 23.3 Å². The number of benzene rings is 2. The highest BCUT2D eigenvalue weighted by Crippen LogP contribution is 2.34. The lowest BCUT2D eigenvalue weighted by atomic mass is 10.1. The summed E-state index contributed by atoms with van der Waals surface area (Å²) in [5.41, 5.74) is 2.20. The van der Waals surface area contributed by atoms with Gasteiger partial charge in [-0.3, -0.25) is 0 Å². The van der Waals surface area contributed by atoms with Crippen molar-refractivity contribution in [2.45, 2.75) is 24.5 Å². The summed E-state index contributed by atoms with van der Waals surface area (Å²) in [5, 5.41) is 19.0. The standard InChI is InChI=1S/C22H19N3O2S2/c1-15(27-19-7-3-16(13-23)4-8-19)11-12-26-18-9-5-17(6-10-18)21-20(14-24)22(28-2)25-29-21/h3-10,15H,11-12H2,1-2H3. The van der Waals surface area contributed by atoms with E-state index in [0.29, 0.717) is 17.7 Å². The molecular weight excluding hydrogens is 402 g/mol. The van der Waals surface area contributed by atoms with Gasteiger partial charge in [0.2, 0.25) is 0 Å². The molecule has 0 saturated carbocycles. The van der Waals surface area contributed by atoms with Gasteiger partial charge in [0.05, 0.1) is 29.2 Å². The minimum Gasteiger partial charge on any atom is -0.493 e. The zero-order chi connectivity index (χ0) is 20.6. The predicted molar refractivity (Wildman–Crippen MR) is 115 cm³/mol. The summed E-state index contributed by atoms with van der Waals surface area (Å²) in [7, 11) is 0. The number of nitrogens with zero attached hydrogens (tertiary/aromatic N) is 3. The molecule has 0 radical (unpaired) electrons. The largest absolute Gasteiger partial charge is 0.493 e. The van der Waals surface area contributed by atoms with Crippen molar-refractivity contribution in [3.05, 3.63) is 59.7 Å². The minimum absolute atomic E-state index is 0.0115. The van der Waals surface area contributed by atoms with E-state index in [9.17, 15) is 5.26 Å². The molecule has 1 heterocycles. The van der Waals surface area contributed by atoms with E-state index in [0.717, 1.165) is 33.4 Å². The van der Waals surface area contributed by atoms with Crippen molar-refractivity contribution in [2.24, 2.45) is 0 Å². The summed E-state index contributed by atoms with van der Waals surface area (Å²) in [6, 6.07) is 19.1. The van der Waals surface area contributed by atoms with Crippen molar-refractivity contribution < 1.29 is 9.47 Å². The molecule has 0 fully saturated rings. The van der Waals surface area contributed by atoms with E-state index in [-0.39, 0.29) is 6.10 Å². The molecule has 0 amide bonds. The van der Waals surface area contributed by atoms with Gasteiger partial charge in [0.15, 0.2) is 0 Å². The summed E-state index contributed by atoms with van der Waals surface area (Å²) >= 11 is 2.82. The van der Waals surface area contributed by atoms with Crippen LogP contribution in [0.3, 0.4) is 0 Å². The van der Waals surface area contributed by atoms with Crippen molar-refractivity contribution in [3.63, 3.8) is 0 Å². The maximum atomic E-state index is 9.39. The van der Waals surface area contributed by atoms with E-state index in [1.165, 1.54) is 23.3 Å². The SMILES string of the molecule is CSc1nsc(-c2ccc(OCCC(C)Oc3ccc(C#N)cc3)cc2)c1C#N. The Hall–Kier alpha value is -3.00. The Labute approximate surface area is 178 Å². The van der Waals surface area contributed by atoms with Crippen molar-refractivity contribution in [1.82, 2.24) is 4.37 Å². The number of thioether (sulfide) groups is 1. The van der Waals surface area contributed by atoms with Gasteiger partial charge in [-0.2, -0.15) is 14.9 Å². The van der Waals surface area contributed by atoms with Crippen LogP contribution < -0.4 is 9.47 Å². The van der Waals surface area contributed by atoms with E-state index in [2.05, 4.69) is 16.5 Å². The molecular formula is C22H19N3O2S2. The van der Waals surface area contributed by atoms with E-state index in [1.54, 1.807) is 24.3 Å². The van der Waals surface area contributed by atoms with Crippen LogP contribution in [0.1, 0.15) is 24.5 Å². The maximum absolute atomic E-state index is 9.39. The Kier molecular flexibility index (Phi) is 7.13. The van der Waals surface area contributed by atoms with Crippen LogP contribution in [-0.4, -0.2) is 23.3 Å². The van der Waals surface area contributed by atoms with Crippen LogP contribution in [0.25, 0.3) is 10.4 Å². The van der Waals surface area contributed by atoms with Gasteiger partial charge in [0.25, 0.3) is 0 Å². The number of aromatic nitrogens is 1. The van der Waals surface area contributed by atoms with Crippen LogP contribution in [0.4, 0.5) is 0 Å². The fraction of sp³-hybridized carbons (Fsp3) is 0.227. The third-order valence-corrected chi connectivity index (χ3v) is 5.89. The predicted octanol–water partition coefficient (Wildman–Crippen LogP) is 5.51. The van der Waals surface area contributed by atoms with Crippen molar-refractivity contribution in [3.8, 4) is 34.1 Å². The third-order valence-electron chi connectivity index (χ3n) is 4.20. The zero-order valence-corrected chi connectivity index (χ0v) is 17.7. The molecule has 5 nitrogen and oxygen atoms in total. The van der Waals surface area contributed by atoms with Gasteiger partial charge in [-0.05, 0) is 78.8 Å². The van der Waals surface area contributed by atoms with Crippen molar-refractivity contribution in [1.29, 1.82) is 10.5 Å². The summed E-state index contributed by atoms with van der Waals surface area (Å²) < 4.78 is 16.0. The lowest BCUT2D eigenvalue weighted by Crippen LogP contribution is -2.15. The molecule has 2 aromatic carbocycles. The van der Waals surface area contributed by atoms with E-state index < -0.39 is 0 Å². The molecule has 3 aromatic rings. The van der Waals surface area contributed by atoms with Crippen LogP contribution in [-0.2, 0) is 0 Å². The quantitative estimate of drug-likeness (QED) is 0.446. The Bertz CT molecular complexity index is 1030. The molecule has 0 aliphatic heterocycles. The van der Waals surface area contributed by atoms with Gasteiger partial charge >= 0.3 is 0 Å². The normalized spacial score (nSPS) is 11.3. The van der Waals surface area contributed by atoms with Gasteiger partial charge in [-0.15, -0.1) is 11.8 Å². The first-order chi connectivity index (χ1) is 14.1. The monoisotopic (exact) mass is 421 g/mol. The highest BCUT2D eigenvalue weighted by molar-refractivity contribution is 7.98. The highest BCUT2D eigenvalue weighted by Gasteiger charge is 2.14. The van der Waals surface area contributed by atoms with Gasteiger partial charge in [-0.25, -0.2) is 0 Å². The second kappa shape index (κ2) is 9.97. The fourth-order valence-electron chi connectivity index (χ4n) is 2.66.